The molecule has 0 saturated carbocycles. The maximum absolute atomic E-state index is 9.97. The summed E-state index contributed by atoms with van der Waals surface area (Å²) in [5, 5.41) is 16.4. The first-order chi connectivity index (χ1) is 3.50. The second kappa shape index (κ2) is 2.11. The lowest BCUT2D eigenvalue weighted by Gasteiger charge is -2.13. The van der Waals surface area contributed by atoms with Gasteiger partial charge < -0.3 is 15.9 Å². The van der Waals surface area contributed by atoms with Gasteiger partial charge in [-0.05, 0) is 6.92 Å². The van der Waals surface area contributed by atoms with Gasteiger partial charge in [0.2, 0.25) is 0 Å². The Morgan fingerprint density at radius 2 is 2.25 bits per heavy atom. The molecule has 0 heterocycles. The molecule has 0 unspecified atom stereocenters. The molecule has 0 aromatic carbocycles. The first-order valence-corrected chi connectivity index (χ1v) is 2.14. The van der Waals surface area contributed by atoms with Gasteiger partial charge in [0.25, 0.3) is 0 Å². The van der Waals surface area contributed by atoms with E-state index in [9.17, 15) is 4.79 Å². The molecule has 0 rings (SSSR count). The number of hydrogen-bond acceptors (Lipinski definition) is 3. The molecular formula is C4H9NO3. The van der Waals surface area contributed by atoms with E-state index in [1.165, 1.54) is 6.92 Å². The van der Waals surface area contributed by atoms with Crippen molar-refractivity contribution in [1.82, 2.24) is 0 Å². The predicted molar refractivity (Wildman–Crippen MR) is 27.3 cm³/mol. The summed E-state index contributed by atoms with van der Waals surface area (Å²) in [6.45, 7) is 0.706. The van der Waals surface area contributed by atoms with Crippen LogP contribution < -0.4 is 5.73 Å². The van der Waals surface area contributed by atoms with Crippen molar-refractivity contribution in [3.8, 4) is 0 Å². The maximum atomic E-state index is 9.97. The molecule has 4 nitrogen and oxygen atoms in total. The minimum Gasteiger partial charge on any atom is -0.480 e. The molecule has 8 heavy (non-hydrogen) atoms. The van der Waals surface area contributed by atoms with E-state index >= 15 is 0 Å². The van der Waals surface area contributed by atoms with Gasteiger partial charge in [-0.15, -0.1) is 0 Å². The third-order valence-corrected chi connectivity index (χ3v) is 0.817. The fourth-order valence-electron chi connectivity index (χ4n) is 0.0676. The van der Waals surface area contributed by atoms with Gasteiger partial charge in [0.1, 0.15) is 5.54 Å². The number of aliphatic hydroxyl groups is 1. The molecule has 0 aliphatic carbocycles. The summed E-state index contributed by atoms with van der Waals surface area (Å²) < 4.78 is 0. The number of carboxylic acids is 1. The first-order valence-electron chi connectivity index (χ1n) is 2.14. The van der Waals surface area contributed by atoms with Crippen LogP contribution in [0, 0.1) is 0 Å². The molecule has 0 aromatic rings. The normalized spacial score (nSPS) is 17.4. The van der Waals surface area contributed by atoms with Crippen molar-refractivity contribution in [2.75, 3.05) is 6.61 Å². The van der Waals surface area contributed by atoms with Crippen molar-refractivity contribution in [1.29, 1.82) is 0 Å². The zero-order valence-corrected chi connectivity index (χ0v) is 4.59. The number of aliphatic carboxylic acids is 1. The molecule has 4 heteroatoms. The Morgan fingerprint density at radius 3 is 2.25 bits per heavy atom. The van der Waals surface area contributed by atoms with Crippen LogP contribution >= 0.6 is 0 Å². The molecule has 0 spiro atoms. The van der Waals surface area contributed by atoms with Crippen molar-refractivity contribution in [3.05, 3.63) is 0 Å². The molecule has 0 bridgehead atoms. The Hall–Kier alpha value is -0.610. The molecule has 0 aliphatic heterocycles. The van der Waals surface area contributed by atoms with Gasteiger partial charge in [-0.3, -0.25) is 4.79 Å². The van der Waals surface area contributed by atoms with Crippen molar-refractivity contribution < 1.29 is 15.0 Å². The highest BCUT2D eigenvalue weighted by Crippen LogP contribution is 1.94. The Balaban J connectivity index is 3.91. The van der Waals surface area contributed by atoms with Crippen molar-refractivity contribution >= 4 is 5.97 Å². The average molecular weight is 119 g/mol. The van der Waals surface area contributed by atoms with Crippen LogP contribution in [0.3, 0.4) is 0 Å². The first kappa shape index (κ1) is 7.39. The highest BCUT2D eigenvalue weighted by atomic mass is 16.4. The van der Waals surface area contributed by atoms with Crippen LogP contribution in [0.2, 0.25) is 0 Å². The molecule has 48 valence electrons. The summed E-state index contributed by atoms with van der Waals surface area (Å²) in [6, 6.07) is 0. The summed E-state index contributed by atoms with van der Waals surface area (Å²) in [5.41, 5.74) is 3.52. The molecule has 0 radical (unpaired) electrons. The van der Waals surface area contributed by atoms with E-state index in [4.69, 9.17) is 15.9 Å². The smallest absolute Gasteiger partial charge is 0.325 e. The van der Waals surface area contributed by atoms with Gasteiger partial charge in [-0.25, -0.2) is 0 Å². The van der Waals surface area contributed by atoms with Gasteiger partial charge in [-0.1, -0.05) is 0 Å². The van der Waals surface area contributed by atoms with Crippen LogP contribution in [-0.2, 0) is 4.79 Å². The molecule has 0 saturated heterocycles. The Morgan fingerprint density at radius 1 is 1.88 bits per heavy atom. The highest BCUT2D eigenvalue weighted by Gasteiger charge is 2.25. The largest absolute Gasteiger partial charge is 0.480 e. The number of carbonyl (C=O) groups is 1. The molecule has 0 amide bonds. The van der Waals surface area contributed by atoms with E-state index in [1.807, 2.05) is 0 Å². The third kappa shape index (κ3) is 1.48. The SMILES string of the molecule is C[C@@](N)(CO)C(=O)O. The van der Waals surface area contributed by atoms with Crippen molar-refractivity contribution in [3.63, 3.8) is 0 Å². The zero-order chi connectivity index (χ0) is 6.78. The van der Waals surface area contributed by atoms with E-state index in [-0.39, 0.29) is 0 Å². The van der Waals surface area contributed by atoms with Crippen LogP contribution in [0.4, 0.5) is 0 Å². The topological polar surface area (TPSA) is 83.5 Å². The van der Waals surface area contributed by atoms with Crippen molar-refractivity contribution in [2.45, 2.75) is 12.5 Å². The number of carboxylic acid groups (broad SMARTS) is 1. The monoisotopic (exact) mass is 119 g/mol. The number of hydrogen-bond donors (Lipinski definition) is 3. The van der Waals surface area contributed by atoms with Crippen LogP contribution in [0.5, 0.6) is 0 Å². The Bertz CT molecular complexity index is 99.5. The molecule has 1 atom stereocenters. The summed E-state index contributed by atoms with van der Waals surface area (Å²) in [5.74, 6) is -1.19. The second-order valence-corrected chi connectivity index (χ2v) is 1.88. The van der Waals surface area contributed by atoms with E-state index in [2.05, 4.69) is 0 Å². The summed E-state index contributed by atoms with van der Waals surface area (Å²) >= 11 is 0. The molecule has 4 N–H and O–H groups in total. The van der Waals surface area contributed by atoms with Crippen molar-refractivity contribution in [2.24, 2.45) is 5.73 Å². The predicted octanol–water partition coefficient (Wildman–Crippen LogP) is -1.22. The standard InChI is InChI=1S/C4H9NO3/c1-4(5,2-6)3(7)8/h6H,2,5H2,1H3,(H,7,8)/t4-/m1/s1. The quantitative estimate of drug-likeness (QED) is 0.425. The molecule has 0 aliphatic rings. The lowest BCUT2D eigenvalue weighted by molar-refractivity contribution is -0.144. The van der Waals surface area contributed by atoms with Crippen LogP contribution in [0.15, 0.2) is 0 Å². The van der Waals surface area contributed by atoms with Gasteiger partial charge in [0.05, 0.1) is 6.61 Å². The lowest BCUT2D eigenvalue weighted by atomic mass is 10.1. The number of aliphatic hydroxyl groups excluding tert-OH is 1. The zero-order valence-electron chi connectivity index (χ0n) is 4.59. The van der Waals surface area contributed by atoms with Gasteiger partial charge in [-0.2, -0.15) is 0 Å². The third-order valence-electron chi connectivity index (χ3n) is 0.817. The summed E-state index contributed by atoms with van der Waals surface area (Å²) in [7, 11) is 0. The summed E-state index contributed by atoms with van der Waals surface area (Å²) in [4.78, 5) is 9.97. The lowest BCUT2D eigenvalue weighted by Crippen LogP contribution is -2.48. The van der Waals surface area contributed by atoms with Gasteiger partial charge in [0.15, 0.2) is 0 Å². The van der Waals surface area contributed by atoms with Crippen LogP contribution in [0.1, 0.15) is 6.92 Å². The Labute approximate surface area is 46.9 Å². The van der Waals surface area contributed by atoms with E-state index in [0.29, 0.717) is 0 Å². The number of rotatable bonds is 2. The number of nitrogens with two attached hydrogens (primary N) is 1. The fourth-order valence-corrected chi connectivity index (χ4v) is 0.0676. The average Bonchev–Trinajstić information content (AvgIpc) is 1.67. The maximum Gasteiger partial charge on any atom is 0.325 e. The summed E-state index contributed by atoms with van der Waals surface area (Å²) in [6.07, 6.45) is 0. The van der Waals surface area contributed by atoms with Crippen LogP contribution in [0.25, 0.3) is 0 Å². The van der Waals surface area contributed by atoms with Gasteiger partial charge in [0, 0.05) is 0 Å². The van der Waals surface area contributed by atoms with E-state index < -0.39 is 18.1 Å². The Kier molecular flexibility index (Phi) is 1.94. The highest BCUT2D eigenvalue weighted by molar-refractivity contribution is 5.77. The minimum atomic E-state index is -1.49. The molecule has 0 fully saturated rings. The van der Waals surface area contributed by atoms with E-state index in [0.717, 1.165) is 0 Å². The van der Waals surface area contributed by atoms with Crippen LogP contribution in [-0.4, -0.2) is 28.3 Å². The second-order valence-electron chi connectivity index (χ2n) is 1.88. The molecular weight excluding hydrogens is 110 g/mol. The molecule has 0 aromatic heterocycles. The fraction of sp³-hybridized carbons (Fsp3) is 0.750. The minimum absolute atomic E-state index is 0.539. The van der Waals surface area contributed by atoms with E-state index in [1.54, 1.807) is 0 Å². The van der Waals surface area contributed by atoms with Gasteiger partial charge >= 0.3 is 5.97 Å².